The highest BCUT2D eigenvalue weighted by Gasteiger charge is 2.40. The van der Waals surface area contributed by atoms with Gasteiger partial charge in [0.05, 0.1) is 0 Å². The van der Waals surface area contributed by atoms with Crippen LogP contribution in [0.25, 0.3) is 0 Å². The monoisotopic (exact) mass is 355 g/mol. The molecule has 0 heterocycles. The van der Waals surface area contributed by atoms with Crippen molar-refractivity contribution in [1.29, 1.82) is 0 Å². The van der Waals surface area contributed by atoms with Gasteiger partial charge in [-0.2, -0.15) is 0 Å². The summed E-state index contributed by atoms with van der Waals surface area (Å²) in [6.45, 7) is 14.6. The molecule has 0 aliphatic carbocycles. The fourth-order valence-corrected chi connectivity index (χ4v) is 2.97. The van der Waals surface area contributed by atoms with Crippen molar-refractivity contribution in [2.45, 2.75) is 71.8 Å². The van der Waals surface area contributed by atoms with Crippen molar-refractivity contribution in [2.75, 3.05) is 0 Å². The highest BCUT2D eigenvalue weighted by Crippen LogP contribution is 2.41. The Morgan fingerprint density at radius 1 is 0.958 bits per heavy atom. The van der Waals surface area contributed by atoms with Crippen LogP contribution in [0.4, 0.5) is 0 Å². The number of ketones is 1. The molecular weight excluding hydrogens is 327 g/mol. The lowest BCUT2D eigenvalue weighted by Gasteiger charge is -2.28. The van der Waals surface area contributed by atoms with Gasteiger partial charge in [-0.05, 0) is 36.8 Å². The van der Waals surface area contributed by atoms with Crippen molar-refractivity contribution in [2.24, 2.45) is 0 Å². The summed E-state index contributed by atoms with van der Waals surface area (Å²) in [4.78, 5) is 21.8. The number of phenolic OH excluding ortho intramolecular Hbond substituents is 1. The van der Waals surface area contributed by atoms with Gasteiger partial charge in [-0.15, -0.1) is 9.42 Å². The molecule has 0 fully saturated rings. The first-order valence-electron chi connectivity index (χ1n) is 7.85. The van der Waals surface area contributed by atoms with Crippen LogP contribution in [0.1, 0.15) is 76.9 Å². The predicted molar refractivity (Wildman–Crippen MR) is 94.8 cm³/mol. The maximum absolute atomic E-state index is 12.8. The van der Waals surface area contributed by atoms with Crippen LogP contribution >= 0.6 is 8.25 Å². The second-order valence-corrected chi connectivity index (χ2v) is 9.25. The van der Waals surface area contributed by atoms with Crippen LogP contribution in [0.3, 0.4) is 0 Å². The number of benzene rings is 1. The van der Waals surface area contributed by atoms with E-state index in [-0.39, 0.29) is 16.6 Å². The second-order valence-electron chi connectivity index (χ2n) is 8.59. The molecular formula is C18H28O5P+. The molecule has 1 rings (SSSR count). The Hall–Kier alpha value is -1.29. The molecule has 1 atom stereocenters. The molecule has 0 radical (unpaired) electrons. The topological polar surface area (TPSA) is 83.8 Å². The van der Waals surface area contributed by atoms with Crippen molar-refractivity contribution in [1.82, 2.24) is 0 Å². The Balaban J connectivity index is 3.61. The Morgan fingerprint density at radius 3 is 1.62 bits per heavy atom. The van der Waals surface area contributed by atoms with Gasteiger partial charge in [0.1, 0.15) is 5.75 Å². The maximum Gasteiger partial charge on any atom is 0.695 e. The molecule has 0 aliphatic rings. The molecule has 0 saturated heterocycles. The number of phenols is 1. The fraction of sp³-hybridized carbons (Fsp3) is 0.611. The van der Waals surface area contributed by atoms with Gasteiger partial charge in [0.15, 0.2) is 11.4 Å². The highest BCUT2D eigenvalue weighted by molar-refractivity contribution is 7.32. The Kier molecular flexibility index (Phi) is 5.66. The summed E-state index contributed by atoms with van der Waals surface area (Å²) < 4.78 is 15.9. The average molecular weight is 355 g/mol. The maximum atomic E-state index is 12.8. The van der Waals surface area contributed by atoms with Crippen LogP contribution in [0.15, 0.2) is 12.1 Å². The molecule has 0 saturated carbocycles. The van der Waals surface area contributed by atoms with Crippen LogP contribution in [-0.2, 0) is 19.9 Å². The summed E-state index contributed by atoms with van der Waals surface area (Å²) in [5.74, 6) is -0.227. The van der Waals surface area contributed by atoms with Gasteiger partial charge >= 0.3 is 8.25 Å². The number of carbonyl (C=O) groups excluding carboxylic acids is 1. The smallest absolute Gasteiger partial charge is 0.507 e. The zero-order valence-corrected chi connectivity index (χ0v) is 16.6. The molecule has 5 nitrogen and oxygen atoms in total. The van der Waals surface area contributed by atoms with Gasteiger partial charge in [0.25, 0.3) is 0 Å². The van der Waals surface area contributed by atoms with Gasteiger partial charge in [-0.25, -0.2) is 0 Å². The zero-order chi connectivity index (χ0) is 19.1. The second kappa shape index (κ2) is 6.55. The van der Waals surface area contributed by atoms with E-state index in [9.17, 15) is 14.5 Å². The number of hydrogen-bond acceptors (Lipinski definition) is 4. The van der Waals surface area contributed by atoms with Crippen molar-refractivity contribution in [3.8, 4) is 5.75 Å². The predicted octanol–water partition coefficient (Wildman–Crippen LogP) is 4.61. The van der Waals surface area contributed by atoms with E-state index in [0.717, 1.165) is 0 Å². The summed E-state index contributed by atoms with van der Waals surface area (Å²) in [6.07, 6.45) is 0. The minimum absolute atomic E-state index is 0.179. The molecule has 6 heteroatoms. The van der Waals surface area contributed by atoms with Crippen molar-refractivity contribution in [3.63, 3.8) is 0 Å². The number of Topliss-reactive ketones (excluding diaryl/α,β-unsaturated/α-hetero) is 1. The third-order valence-electron chi connectivity index (χ3n) is 3.84. The van der Waals surface area contributed by atoms with Crippen molar-refractivity contribution >= 4 is 14.0 Å². The van der Waals surface area contributed by atoms with E-state index >= 15 is 0 Å². The Morgan fingerprint density at radius 2 is 1.33 bits per heavy atom. The van der Waals surface area contributed by atoms with E-state index in [1.165, 1.54) is 13.8 Å². The van der Waals surface area contributed by atoms with E-state index in [0.29, 0.717) is 16.7 Å². The van der Waals surface area contributed by atoms with E-state index in [1.54, 1.807) is 12.1 Å². The largest absolute Gasteiger partial charge is 0.695 e. The van der Waals surface area contributed by atoms with E-state index in [4.69, 9.17) is 9.42 Å². The lowest BCUT2D eigenvalue weighted by molar-refractivity contribution is 0.0570. The Bertz CT molecular complexity index is 628. The molecule has 134 valence electrons. The van der Waals surface area contributed by atoms with Gasteiger partial charge < -0.3 is 5.11 Å². The van der Waals surface area contributed by atoms with Crippen LogP contribution in [0, 0.1) is 0 Å². The molecule has 0 aliphatic heterocycles. The standard InChI is InChI=1S/C18H27O5P/c1-16(2,3)12-9-11(10-13(14(12)19)17(4,5)6)15(20)18(7,8)23-24(21)22/h9-10H,1-8H3,(H-,19,20,21,22)/p+1. The Labute approximate surface area is 145 Å². The van der Waals surface area contributed by atoms with E-state index in [2.05, 4.69) is 0 Å². The third-order valence-corrected chi connectivity index (χ3v) is 4.45. The van der Waals surface area contributed by atoms with Crippen LogP contribution in [-0.4, -0.2) is 21.4 Å². The number of rotatable bonds is 4. The zero-order valence-electron chi connectivity index (χ0n) is 15.7. The molecule has 2 N–H and O–H groups in total. The minimum atomic E-state index is -2.90. The molecule has 0 spiro atoms. The SMILES string of the molecule is CC(C)(O[P+](=O)O)C(=O)c1cc(C(C)(C)C)c(O)c(C(C)(C)C)c1. The average Bonchev–Trinajstić information content (AvgIpc) is 2.33. The summed E-state index contributed by atoms with van der Waals surface area (Å²) >= 11 is 0. The number of carbonyl (C=O) groups is 1. The summed E-state index contributed by atoms with van der Waals surface area (Å²) in [5, 5.41) is 10.7. The van der Waals surface area contributed by atoms with Gasteiger partial charge in [-0.1, -0.05) is 41.5 Å². The third kappa shape index (κ3) is 4.62. The fourth-order valence-electron chi connectivity index (χ4n) is 2.49. The first kappa shape index (κ1) is 20.8. The van der Waals surface area contributed by atoms with Crippen LogP contribution in [0.5, 0.6) is 5.75 Å². The van der Waals surface area contributed by atoms with E-state index < -0.39 is 19.6 Å². The molecule has 1 unspecified atom stereocenters. The molecule has 24 heavy (non-hydrogen) atoms. The summed E-state index contributed by atoms with van der Waals surface area (Å²) in [7, 11) is -2.90. The van der Waals surface area contributed by atoms with E-state index in [1.807, 2.05) is 41.5 Å². The molecule has 1 aromatic carbocycles. The van der Waals surface area contributed by atoms with Crippen molar-refractivity contribution in [3.05, 3.63) is 28.8 Å². The number of aromatic hydroxyl groups is 1. The molecule has 1 aromatic rings. The molecule has 0 bridgehead atoms. The lowest BCUT2D eigenvalue weighted by Crippen LogP contribution is -2.33. The molecule has 0 amide bonds. The quantitative estimate of drug-likeness (QED) is 0.608. The van der Waals surface area contributed by atoms with Gasteiger partial charge in [-0.3, -0.25) is 4.79 Å². The first-order chi connectivity index (χ1) is 10.6. The van der Waals surface area contributed by atoms with Gasteiger partial charge in [0.2, 0.25) is 0 Å². The van der Waals surface area contributed by atoms with Crippen LogP contribution < -0.4 is 0 Å². The lowest BCUT2D eigenvalue weighted by atomic mass is 9.77. The normalized spacial score (nSPS) is 13.8. The minimum Gasteiger partial charge on any atom is -0.507 e. The highest BCUT2D eigenvalue weighted by atomic mass is 31.1. The summed E-state index contributed by atoms with van der Waals surface area (Å²) in [6, 6.07) is 3.28. The van der Waals surface area contributed by atoms with Crippen molar-refractivity contribution < 1.29 is 23.9 Å². The van der Waals surface area contributed by atoms with Crippen LogP contribution in [0.2, 0.25) is 0 Å². The van der Waals surface area contributed by atoms with Gasteiger partial charge in [0, 0.05) is 21.3 Å². The molecule has 0 aromatic heterocycles. The summed E-state index contributed by atoms with van der Waals surface area (Å²) in [5.41, 5.74) is -0.515. The first-order valence-corrected chi connectivity index (χ1v) is 8.98. The number of hydrogen-bond donors (Lipinski definition) is 2.